The molecule has 1 amide bonds. The summed E-state index contributed by atoms with van der Waals surface area (Å²) in [6, 6.07) is -0.896. The third kappa shape index (κ3) is 57.9. The molecule has 0 aromatic carbocycles. The van der Waals surface area contributed by atoms with E-state index in [1.165, 1.54) is 154 Å². The van der Waals surface area contributed by atoms with Crippen molar-refractivity contribution in [2.45, 2.75) is 303 Å². The molecule has 0 aromatic rings. The van der Waals surface area contributed by atoms with Crippen LogP contribution in [0.5, 0.6) is 0 Å². The molecule has 0 aliphatic carbocycles. The molecule has 0 rings (SSSR count). The van der Waals surface area contributed by atoms with Gasteiger partial charge in [-0.2, -0.15) is 0 Å². The molecule has 0 aliphatic rings. The first-order valence-electron chi connectivity index (χ1n) is 32.2. The lowest BCUT2D eigenvalue weighted by atomic mass is 10.0. The van der Waals surface area contributed by atoms with Gasteiger partial charge >= 0.3 is 5.97 Å². The number of quaternary nitrogens is 1. The van der Waals surface area contributed by atoms with Gasteiger partial charge < -0.3 is 28.5 Å². The van der Waals surface area contributed by atoms with Crippen LogP contribution in [0, 0.1) is 0 Å². The van der Waals surface area contributed by atoms with Crippen molar-refractivity contribution in [2.75, 3.05) is 40.9 Å². The quantitative estimate of drug-likeness (QED) is 0.0212. The number of phosphoric acid groups is 1. The van der Waals surface area contributed by atoms with Gasteiger partial charge in [0.2, 0.25) is 5.91 Å². The van der Waals surface area contributed by atoms with Crippen LogP contribution in [0.2, 0.25) is 0 Å². The van der Waals surface area contributed by atoms with E-state index in [1.54, 1.807) is 0 Å². The highest BCUT2D eigenvalue weighted by Crippen LogP contribution is 2.38. The second kappa shape index (κ2) is 56.7. The van der Waals surface area contributed by atoms with Crippen molar-refractivity contribution in [3.05, 3.63) is 72.9 Å². The van der Waals surface area contributed by atoms with E-state index in [2.05, 4.69) is 86.8 Å². The molecule has 10 heteroatoms. The summed E-state index contributed by atoms with van der Waals surface area (Å²) in [6.45, 7) is 6.79. The molecule has 9 nitrogen and oxygen atoms in total. The Morgan fingerprint density at radius 3 is 1.21 bits per heavy atom. The fourth-order valence-electron chi connectivity index (χ4n) is 9.09. The van der Waals surface area contributed by atoms with Gasteiger partial charge in [0.25, 0.3) is 7.82 Å². The zero-order chi connectivity index (χ0) is 56.4. The third-order valence-electron chi connectivity index (χ3n) is 14.1. The summed E-state index contributed by atoms with van der Waals surface area (Å²) in [5.74, 6) is -0.551. The van der Waals surface area contributed by atoms with Crippen LogP contribution < -0.4 is 10.2 Å². The summed E-state index contributed by atoms with van der Waals surface area (Å²) in [7, 11) is 1.18. The van der Waals surface area contributed by atoms with E-state index >= 15 is 0 Å². The Balaban J connectivity index is 5.16. The summed E-state index contributed by atoms with van der Waals surface area (Å²) < 4.78 is 30.3. The molecule has 77 heavy (non-hydrogen) atoms. The Morgan fingerprint density at radius 2 is 0.792 bits per heavy atom. The summed E-state index contributed by atoms with van der Waals surface area (Å²) in [5, 5.41) is 3.03. The SMILES string of the molecule is CCCCC/C=C\C/C=C\C/C=C\CCCCCCCCCCCCC(=O)NC(COP(=O)([O-])OCC[N+](C)(C)C)C(/C=C\CCCCCCCCCCC)OC(=O)CCCCCCCCC/C=C\C/C=C\CCCCC. The van der Waals surface area contributed by atoms with Gasteiger partial charge in [-0.1, -0.05) is 248 Å². The molecule has 0 aliphatic heterocycles. The van der Waals surface area contributed by atoms with Gasteiger partial charge in [-0.15, -0.1) is 0 Å². The number of hydrogen-bond acceptors (Lipinski definition) is 7. The highest BCUT2D eigenvalue weighted by molar-refractivity contribution is 7.45. The lowest BCUT2D eigenvalue weighted by molar-refractivity contribution is -0.870. The van der Waals surface area contributed by atoms with E-state index < -0.39 is 26.6 Å². The molecule has 0 saturated heterocycles. The molecular formula is C67H123N2O7P. The topological polar surface area (TPSA) is 114 Å². The Kier molecular flexibility index (Phi) is 54.8. The van der Waals surface area contributed by atoms with E-state index in [0.29, 0.717) is 17.4 Å². The zero-order valence-corrected chi connectivity index (χ0v) is 52.0. The van der Waals surface area contributed by atoms with Gasteiger partial charge in [-0.25, -0.2) is 0 Å². The molecular weight excluding hydrogens is 976 g/mol. The average molecular weight is 1100 g/mol. The van der Waals surface area contributed by atoms with Crippen LogP contribution in [0.1, 0.15) is 290 Å². The molecule has 1 N–H and O–H groups in total. The van der Waals surface area contributed by atoms with Crippen LogP contribution in [-0.2, 0) is 27.9 Å². The smallest absolute Gasteiger partial charge is 0.306 e. The van der Waals surface area contributed by atoms with Crippen LogP contribution in [0.4, 0.5) is 0 Å². The second-order valence-corrected chi connectivity index (χ2v) is 24.3. The largest absolute Gasteiger partial charge is 0.756 e. The summed E-state index contributed by atoms with van der Waals surface area (Å²) >= 11 is 0. The average Bonchev–Trinajstić information content (AvgIpc) is 3.39. The maximum absolute atomic E-state index is 13.5. The number of carbonyl (C=O) groups excluding carboxylic acids is 2. The molecule has 0 fully saturated rings. The molecule has 0 aromatic heterocycles. The number of allylic oxidation sites excluding steroid dienone is 11. The van der Waals surface area contributed by atoms with Gasteiger partial charge in [0.15, 0.2) is 0 Å². The van der Waals surface area contributed by atoms with Crippen molar-refractivity contribution in [3.8, 4) is 0 Å². The lowest BCUT2D eigenvalue weighted by Crippen LogP contribution is -2.47. The Bertz CT molecular complexity index is 1550. The standard InChI is InChI=1S/C67H123N2O7P/c1-7-10-13-16-19-22-25-27-29-31-32-33-34-35-36-38-39-41-44-47-50-53-56-59-66(70)68-64(63-75-77(72,73)74-62-61-69(4,5)6)65(58-55-52-49-46-43-24-21-18-15-12-9-3)76-67(71)60-57-54-51-48-45-42-40-37-30-28-26-23-20-17-14-11-8-2/h19-20,22-23,27-30,32-33,55,58,64-65H,7-18,21,24-26,31,34-54,56-57,59-63H2,1-6H3,(H-,68,70,72,73)/b22-19-,23-20-,29-27-,30-28-,33-32-,58-55-. The van der Waals surface area contributed by atoms with Crippen LogP contribution in [-0.4, -0.2) is 69.4 Å². The molecule has 0 bridgehead atoms. The predicted molar refractivity (Wildman–Crippen MR) is 330 cm³/mol. The summed E-state index contributed by atoms with van der Waals surface area (Å²) in [6.07, 6.45) is 72.9. The predicted octanol–water partition coefficient (Wildman–Crippen LogP) is 19.4. The Hall–Kier alpha value is -2.55. The lowest BCUT2D eigenvalue weighted by Gasteiger charge is -2.30. The Morgan fingerprint density at radius 1 is 0.455 bits per heavy atom. The number of nitrogens with zero attached hydrogens (tertiary/aromatic N) is 1. The minimum atomic E-state index is -4.70. The first-order valence-corrected chi connectivity index (χ1v) is 33.7. The van der Waals surface area contributed by atoms with Gasteiger partial charge in [-0.05, 0) is 102 Å². The number of nitrogens with one attached hydrogen (secondary N) is 1. The summed E-state index contributed by atoms with van der Waals surface area (Å²) in [4.78, 5) is 40.0. The minimum Gasteiger partial charge on any atom is -0.756 e. The number of amides is 1. The second-order valence-electron chi connectivity index (χ2n) is 22.9. The fraction of sp³-hybridized carbons (Fsp3) is 0.791. The molecule has 3 unspecified atom stereocenters. The zero-order valence-electron chi connectivity index (χ0n) is 51.2. The molecule has 0 spiro atoms. The number of hydrogen-bond donors (Lipinski definition) is 1. The summed E-state index contributed by atoms with van der Waals surface area (Å²) in [5.41, 5.74) is 0. The van der Waals surface area contributed by atoms with Crippen molar-refractivity contribution in [1.82, 2.24) is 5.32 Å². The number of unbranched alkanes of at least 4 members (excludes halogenated alkanes) is 32. The maximum Gasteiger partial charge on any atom is 0.306 e. The molecule has 0 heterocycles. The van der Waals surface area contributed by atoms with Crippen LogP contribution in [0.15, 0.2) is 72.9 Å². The molecule has 0 radical (unpaired) electrons. The number of likely N-dealkylation sites (N-methyl/N-ethyl adjacent to an activating group) is 1. The monoisotopic (exact) mass is 1100 g/mol. The maximum atomic E-state index is 13.5. The van der Waals surface area contributed by atoms with Crippen molar-refractivity contribution >= 4 is 19.7 Å². The van der Waals surface area contributed by atoms with Crippen molar-refractivity contribution in [3.63, 3.8) is 0 Å². The third-order valence-corrected chi connectivity index (χ3v) is 15.1. The van der Waals surface area contributed by atoms with Crippen molar-refractivity contribution in [1.29, 1.82) is 0 Å². The number of esters is 1. The normalized spacial score (nSPS) is 14.1. The van der Waals surface area contributed by atoms with E-state index in [9.17, 15) is 19.0 Å². The number of ether oxygens (including phenoxy) is 1. The number of rotatable bonds is 58. The van der Waals surface area contributed by atoms with Crippen LogP contribution in [0.25, 0.3) is 0 Å². The molecule has 448 valence electrons. The first-order chi connectivity index (χ1) is 37.4. The fourth-order valence-corrected chi connectivity index (χ4v) is 9.81. The minimum absolute atomic E-state index is 0.0264. The van der Waals surface area contributed by atoms with E-state index in [4.69, 9.17) is 13.8 Å². The van der Waals surface area contributed by atoms with E-state index in [0.717, 1.165) is 103 Å². The number of phosphoric ester groups is 1. The highest BCUT2D eigenvalue weighted by atomic mass is 31.2. The van der Waals surface area contributed by atoms with E-state index in [-0.39, 0.29) is 24.9 Å². The van der Waals surface area contributed by atoms with Crippen LogP contribution >= 0.6 is 7.82 Å². The first kappa shape index (κ1) is 74.5. The van der Waals surface area contributed by atoms with E-state index in [1.807, 2.05) is 33.3 Å². The van der Waals surface area contributed by atoms with Gasteiger partial charge in [0, 0.05) is 12.8 Å². The molecule has 3 atom stereocenters. The van der Waals surface area contributed by atoms with Crippen LogP contribution in [0.3, 0.4) is 0 Å². The van der Waals surface area contributed by atoms with Gasteiger partial charge in [-0.3, -0.25) is 14.2 Å². The number of carbonyl (C=O) groups is 2. The van der Waals surface area contributed by atoms with Crippen molar-refractivity contribution in [2.24, 2.45) is 0 Å². The Labute approximate surface area is 476 Å². The van der Waals surface area contributed by atoms with Gasteiger partial charge in [0.1, 0.15) is 19.3 Å². The van der Waals surface area contributed by atoms with Gasteiger partial charge in [0.05, 0.1) is 33.8 Å². The van der Waals surface area contributed by atoms with Crippen molar-refractivity contribution < 1.29 is 37.3 Å². The highest BCUT2D eigenvalue weighted by Gasteiger charge is 2.27. The molecule has 0 saturated carbocycles.